The predicted molar refractivity (Wildman–Crippen MR) is 92.8 cm³/mol. The molecule has 0 bridgehead atoms. The number of hydrogen-bond acceptors (Lipinski definition) is 3. The lowest BCUT2D eigenvalue weighted by molar-refractivity contribution is 0.0342. The van der Waals surface area contributed by atoms with Gasteiger partial charge in [-0.05, 0) is 43.3 Å². The molecule has 2 atom stereocenters. The van der Waals surface area contributed by atoms with E-state index in [0.29, 0.717) is 6.61 Å². The van der Waals surface area contributed by atoms with Crippen LogP contribution in [0.2, 0.25) is 18.1 Å². The van der Waals surface area contributed by atoms with Gasteiger partial charge in [0.2, 0.25) is 0 Å². The highest BCUT2D eigenvalue weighted by Gasteiger charge is 2.41. The summed E-state index contributed by atoms with van der Waals surface area (Å²) in [6.07, 6.45) is 3.65. The van der Waals surface area contributed by atoms with E-state index in [1.54, 1.807) is 6.26 Å². The molecular formula is C18H28O3Si. The molecular weight excluding hydrogens is 292 g/mol. The molecule has 1 heterocycles. The largest absolute Gasteiger partial charge is 0.492 e. The first-order valence-electron chi connectivity index (χ1n) is 7.88. The molecule has 0 radical (unpaired) electrons. The third-order valence-electron chi connectivity index (χ3n) is 4.56. The Kier molecular flexibility index (Phi) is 5.02. The molecule has 0 aliphatic carbocycles. The maximum atomic E-state index is 6.43. The lowest BCUT2D eigenvalue weighted by Crippen LogP contribution is -2.46. The van der Waals surface area contributed by atoms with Crippen LogP contribution in [-0.4, -0.2) is 27.1 Å². The lowest BCUT2D eigenvalue weighted by Gasteiger charge is -2.38. The molecule has 1 aromatic rings. The molecule has 0 amide bonds. The normalized spacial score (nSPS) is 21.7. The summed E-state index contributed by atoms with van der Waals surface area (Å²) in [7, 11) is -1.81. The highest BCUT2D eigenvalue weighted by Crippen LogP contribution is 2.38. The van der Waals surface area contributed by atoms with Gasteiger partial charge in [0.1, 0.15) is 18.5 Å². The van der Waals surface area contributed by atoms with Gasteiger partial charge in [-0.25, -0.2) is 0 Å². The van der Waals surface area contributed by atoms with E-state index in [4.69, 9.17) is 13.9 Å². The van der Waals surface area contributed by atoms with Crippen molar-refractivity contribution in [1.29, 1.82) is 0 Å². The van der Waals surface area contributed by atoms with Crippen molar-refractivity contribution < 1.29 is 13.9 Å². The van der Waals surface area contributed by atoms with Crippen LogP contribution in [0.25, 0.3) is 0 Å². The average Bonchev–Trinajstić information content (AvgIpc) is 2.83. The molecule has 1 aliphatic heterocycles. The summed E-state index contributed by atoms with van der Waals surface area (Å²) in [5.74, 6) is 0.868. The van der Waals surface area contributed by atoms with Gasteiger partial charge in [-0.2, -0.15) is 0 Å². The van der Waals surface area contributed by atoms with E-state index in [9.17, 15) is 0 Å². The van der Waals surface area contributed by atoms with Gasteiger partial charge in [-0.1, -0.05) is 38.5 Å². The van der Waals surface area contributed by atoms with Crippen LogP contribution in [0.15, 0.2) is 36.6 Å². The zero-order valence-electron chi connectivity index (χ0n) is 14.6. The molecule has 0 saturated carbocycles. The highest BCUT2D eigenvalue weighted by atomic mass is 28.4. The summed E-state index contributed by atoms with van der Waals surface area (Å²) in [6, 6.07) is 8.07. The van der Waals surface area contributed by atoms with Crippen molar-refractivity contribution in [3.05, 3.63) is 42.2 Å². The fourth-order valence-electron chi connectivity index (χ4n) is 2.00. The van der Waals surface area contributed by atoms with Crippen molar-refractivity contribution >= 4 is 8.32 Å². The third kappa shape index (κ3) is 4.14. The van der Waals surface area contributed by atoms with Gasteiger partial charge in [0.05, 0.1) is 6.26 Å². The Morgan fingerprint density at radius 1 is 1.14 bits per heavy atom. The monoisotopic (exact) mass is 320 g/mol. The average molecular weight is 321 g/mol. The van der Waals surface area contributed by atoms with Crippen LogP contribution in [0.1, 0.15) is 26.3 Å². The smallest absolute Gasteiger partial charge is 0.193 e. The molecule has 0 N–H and O–H groups in total. The van der Waals surface area contributed by atoms with E-state index in [1.165, 1.54) is 5.56 Å². The SMILES string of the molecule is Cc1ccc(OC[C@H]2OC=C[C@@H]2O[Si](C)(C)C(C)(C)C)cc1. The van der Waals surface area contributed by atoms with Crippen molar-refractivity contribution in [2.24, 2.45) is 0 Å². The van der Waals surface area contributed by atoms with Crippen LogP contribution >= 0.6 is 0 Å². The predicted octanol–water partition coefficient (Wildman–Crippen LogP) is 4.68. The zero-order valence-corrected chi connectivity index (χ0v) is 15.6. The molecule has 0 spiro atoms. The van der Waals surface area contributed by atoms with Crippen molar-refractivity contribution in [2.45, 2.75) is 58.0 Å². The molecule has 1 aromatic carbocycles. The Balaban J connectivity index is 1.93. The lowest BCUT2D eigenvalue weighted by atomic mass is 10.2. The Morgan fingerprint density at radius 2 is 1.77 bits per heavy atom. The molecule has 1 aliphatic rings. The second-order valence-electron chi connectivity index (χ2n) is 7.47. The van der Waals surface area contributed by atoms with E-state index >= 15 is 0 Å². The van der Waals surface area contributed by atoms with E-state index < -0.39 is 8.32 Å². The number of aryl methyl sites for hydroxylation is 1. The van der Waals surface area contributed by atoms with Gasteiger partial charge in [0.25, 0.3) is 0 Å². The molecule has 0 saturated heterocycles. The summed E-state index contributed by atoms with van der Waals surface area (Å²) in [4.78, 5) is 0. The maximum Gasteiger partial charge on any atom is 0.193 e. The first-order chi connectivity index (χ1) is 10.2. The minimum atomic E-state index is -1.81. The van der Waals surface area contributed by atoms with E-state index in [0.717, 1.165) is 5.75 Å². The Labute approximate surface area is 135 Å². The highest BCUT2D eigenvalue weighted by molar-refractivity contribution is 6.74. The first kappa shape index (κ1) is 17.1. The summed E-state index contributed by atoms with van der Waals surface area (Å²) < 4.78 is 17.9. The molecule has 0 fully saturated rings. The second kappa shape index (κ2) is 6.47. The van der Waals surface area contributed by atoms with Gasteiger partial charge >= 0.3 is 0 Å². The maximum absolute atomic E-state index is 6.43. The second-order valence-corrected chi connectivity index (χ2v) is 12.2. The molecule has 0 aromatic heterocycles. The van der Waals surface area contributed by atoms with E-state index in [2.05, 4.69) is 40.8 Å². The van der Waals surface area contributed by atoms with Crippen LogP contribution < -0.4 is 4.74 Å². The molecule has 122 valence electrons. The minimum absolute atomic E-state index is 0.0219. The zero-order chi connectivity index (χ0) is 16.4. The number of hydrogen-bond donors (Lipinski definition) is 0. The van der Waals surface area contributed by atoms with E-state index in [1.807, 2.05) is 30.3 Å². The van der Waals surface area contributed by atoms with Crippen LogP contribution in [0.3, 0.4) is 0 Å². The molecule has 22 heavy (non-hydrogen) atoms. The van der Waals surface area contributed by atoms with Gasteiger partial charge < -0.3 is 13.9 Å². The fraction of sp³-hybridized carbons (Fsp3) is 0.556. The van der Waals surface area contributed by atoms with E-state index in [-0.39, 0.29) is 17.2 Å². The molecule has 0 unspecified atom stereocenters. The Bertz CT molecular complexity index is 514. The number of benzene rings is 1. The summed E-state index contributed by atoms with van der Waals surface area (Å²) in [5.41, 5.74) is 1.23. The van der Waals surface area contributed by atoms with Crippen LogP contribution in [0, 0.1) is 6.92 Å². The summed E-state index contributed by atoms with van der Waals surface area (Å²) in [6.45, 7) is 13.8. The Morgan fingerprint density at radius 3 is 2.36 bits per heavy atom. The van der Waals surface area contributed by atoms with Crippen LogP contribution in [0.4, 0.5) is 0 Å². The number of rotatable bonds is 5. The number of ether oxygens (including phenoxy) is 2. The molecule has 4 heteroatoms. The molecule has 2 rings (SSSR count). The topological polar surface area (TPSA) is 27.7 Å². The summed E-state index contributed by atoms with van der Waals surface area (Å²) >= 11 is 0. The summed E-state index contributed by atoms with van der Waals surface area (Å²) in [5, 5.41) is 0.186. The Hall–Kier alpha value is -1.26. The van der Waals surface area contributed by atoms with Gasteiger partial charge in [-0.3, -0.25) is 0 Å². The third-order valence-corrected chi connectivity index (χ3v) is 9.03. The molecule has 3 nitrogen and oxygen atoms in total. The van der Waals surface area contributed by atoms with Gasteiger partial charge in [0.15, 0.2) is 14.4 Å². The minimum Gasteiger partial charge on any atom is -0.492 e. The van der Waals surface area contributed by atoms with Crippen molar-refractivity contribution in [3.63, 3.8) is 0 Å². The van der Waals surface area contributed by atoms with Crippen molar-refractivity contribution in [2.75, 3.05) is 6.61 Å². The van der Waals surface area contributed by atoms with Gasteiger partial charge in [-0.15, -0.1) is 0 Å². The van der Waals surface area contributed by atoms with Gasteiger partial charge in [0, 0.05) is 0 Å². The van der Waals surface area contributed by atoms with Crippen LogP contribution in [-0.2, 0) is 9.16 Å². The fourth-order valence-corrected chi connectivity index (χ4v) is 3.27. The quantitative estimate of drug-likeness (QED) is 0.737. The first-order valence-corrected chi connectivity index (χ1v) is 10.8. The standard InChI is InChI=1S/C18H28O3Si/c1-14-7-9-15(10-8-14)20-13-17-16(11-12-19-17)21-22(5,6)18(2,3)4/h7-12,16-17H,13H2,1-6H3/t16-,17+/m0/s1. The van der Waals surface area contributed by atoms with Crippen LogP contribution in [0.5, 0.6) is 5.75 Å². The van der Waals surface area contributed by atoms with Crippen molar-refractivity contribution in [3.8, 4) is 5.75 Å². The van der Waals surface area contributed by atoms with Crippen molar-refractivity contribution in [1.82, 2.24) is 0 Å².